The van der Waals surface area contributed by atoms with Crippen molar-refractivity contribution in [2.45, 2.75) is 19.0 Å². The predicted octanol–water partition coefficient (Wildman–Crippen LogP) is 1.75. The number of benzene rings is 1. The van der Waals surface area contributed by atoms with Crippen LogP contribution >= 0.6 is 11.8 Å². The number of thioether (sulfide) groups is 1. The highest BCUT2D eigenvalue weighted by Crippen LogP contribution is 2.26. The number of nitrogens with zero attached hydrogens (tertiary/aromatic N) is 4. The van der Waals surface area contributed by atoms with Gasteiger partial charge < -0.3 is 14.9 Å². The largest absolute Gasteiger partial charge is 0.504 e. The summed E-state index contributed by atoms with van der Waals surface area (Å²) in [6.45, 7) is 3.99. The van der Waals surface area contributed by atoms with E-state index in [4.69, 9.17) is 9.84 Å². The van der Waals surface area contributed by atoms with Crippen LogP contribution in [-0.4, -0.2) is 49.6 Å². The first-order valence-electron chi connectivity index (χ1n) is 6.78. The van der Waals surface area contributed by atoms with Gasteiger partial charge in [-0.25, -0.2) is 0 Å². The van der Waals surface area contributed by atoms with Crippen LogP contribution in [0.2, 0.25) is 0 Å². The third-order valence-corrected chi connectivity index (χ3v) is 3.60. The molecule has 2 aromatic rings. The van der Waals surface area contributed by atoms with E-state index in [-0.39, 0.29) is 11.5 Å². The third kappa shape index (κ3) is 4.46. The molecule has 0 aliphatic heterocycles. The van der Waals surface area contributed by atoms with Crippen molar-refractivity contribution in [3.8, 4) is 11.5 Å². The summed E-state index contributed by atoms with van der Waals surface area (Å²) in [5.41, 5.74) is 0.716. The number of phenols is 1. The van der Waals surface area contributed by atoms with E-state index in [1.54, 1.807) is 25.3 Å². The zero-order chi connectivity index (χ0) is 16.8. The van der Waals surface area contributed by atoms with Gasteiger partial charge in [-0.3, -0.25) is 4.79 Å². The number of hydrogen-bond donors (Lipinski definition) is 2. The van der Waals surface area contributed by atoms with Crippen LogP contribution in [0.3, 0.4) is 0 Å². The van der Waals surface area contributed by atoms with Crippen molar-refractivity contribution in [1.29, 1.82) is 0 Å². The van der Waals surface area contributed by atoms with Gasteiger partial charge in [-0.15, -0.1) is 10.2 Å². The van der Waals surface area contributed by atoms with Crippen LogP contribution in [0.1, 0.15) is 18.3 Å². The van der Waals surface area contributed by atoms with Crippen molar-refractivity contribution >= 4 is 23.9 Å². The minimum atomic E-state index is -0.939. The van der Waals surface area contributed by atoms with Gasteiger partial charge in [-0.05, 0) is 37.6 Å². The average molecular weight is 336 g/mol. The molecular formula is C14H16N4O4S. The van der Waals surface area contributed by atoms with Gasteiger partial charge in [-0.1, -0.05) is 11.8 Å². The van der Waals surface area contributed by atoms with Crippen molar-refractivity contribution < 1.29 is 19.7 Å². The molecule has 0 saturated carbocycles. The summed E-state index contributed by atoms with van der Waals surface area (Å²) < 4.78 is 6.77. The van der Waals surface area contributed by atoms with Gasteiger partial charge >= 0.3 is 5.97 Å². The Morgan fingerprint density at radius 3 is 2.96 bits per heavy atom. The summed E-state index contributed by atoms with van der Waals surface area (Å²) in [7, 11) is 0. The van der Waals surface area contributed by atoms with Crippen molar-refractivity contribution in [1.82, 2.24) is 14.9 Å². The second-order valence-electron chi connectivity index (χ2n) is 4.43. The average Bonchev–Trinajstić information content (AvgIpc) is 2.86. The fourth-order valence-corrected chi connectivity index (χ4v) is 2.35. The third-order valence-electron chi connectivity index (χ3n) is 2.70. The molecule has 0 unspecified atom stereocenters. The highest BCUT2D eigenvalue weighted by molar-refractivity contribution is 7.99. The maximum atomic E-state index is 10.6. The van der Waals surface area contributed by atoms with E-state index in [0.717, 1.165) is 11.8 Å². The Kier molecular flexibility index (Phi) is 5.58. The molecule has 2 N–H and O–H groups in total. The molecule has 2 rings (SSSR count). The Bertz CT molecular complexity index is 730. The van der Waals surface area contributed by atoms with Gasteiger partial charge in [0.05, 0.1) is 18.6 Å². The van der Waals surface area contributed by atoms with E-state index < -0.39 is 5.97 Å². The fraction of sp³-hybridized carbons (Fsp3) is 0.286. The Morgan fingerprint density at radius 1 is 1.48 bits per heavy atom. The van der Waals surface area contributed by atoms with E-state index >= 15 is 0 Å². The van der Waals surface area contributed by atoms with Crippen molar-refractivity contribution in [2.24, 2.45) is 5.10 Å². The molecule has 0 saturated heterocycles. The number of aryl methyl sites for hydroxylation is 1. The lowest BCUT2D eigenvalue weighted by molar-refractivity contribution is -0.133. The summed E-state index contributed by atoms with van der Waals surface area (Å²) in [5, 5.41) is 30.8. The molecule has 0 bridgehead atoms. The van der Waals surface area contributed by atoms with Gasteiger partial charge in [0.25, 0.3) is 0 Å². The van der Waals surface area contributed by atoms with Gasteiger partial charge in [0.1, 0.15) is 0 Å². The number of phenolic OH excluding ortho intramolecular Hbond substituents is 1. The number of aliphatic carboxylic acids is 1. The van der Waals surface area contributed by atoms with Gasteiger partial charge in [0, 0.05) is 0 Å². The van der Waals surface area contributed by atoms with Crippen LogP contribution in [0, 0.1) is 6.92 Å². The molecule has 1 heterocycles. The van der Waals surface area contributed by atoms with Crippen LogP contribution in [0.15, 0.2) is 28.5 Å². The van der Waals surface area contributed by atoms with Crippen molar-refractivity contribution in [3.63, 3.8) is 0 Å². The number of hydrogen-bond acceptors (Lipinski definition) is 7. The van der Waals surface area contributed by atoms with Crippen LogP contribution < -0.4 is 4.74 Å². The zero-order valence-corrected chi connectivity index (χ0v) is 13.4. The Morgan fingerprint density at radius 2 is 2.26 bits per heavy atom. The molecule has 0 aliphatic rings. The van der Waals surface area contributed by atoms with E-state index in [0.29, 0.717) is 28.9 Å². The lowest BCUT2D eigenvalue weighted by atomic mass is 10.2. The number of rotatable bonds is 7. The summed E-state index contributed by atoms with van der Waals surface area (Å²) in [5.74, 6) is -0.0925. The predicted molar refractivity (Wildman–Crippen MR) is 85.4 cm³/mol. The quantitative estimate of drug-likeness (QED) is 0.585. The number of aromatic hydroxyl groups is 1. The maximum absolute atomic E-state index is 10.6. The van der Waals surface area contributed by atoms with Gasteiger partial charge in [-0.2, -0.15) is 9.78 Å². The van der Waals surface area contributed by atoms with E-state index in [2.05, 4.69) is 15.3 Å². The molecule has 1 aromatic carbocycles. The van der Waals surface area contributed by atoms with Crippen LogP contribution in [0.5, 0.6) is 11.5 Å². The Labute approximate surface area is 136 Å². The first-order chi connectivity index (χ1) is 11.0. The van der Waals surface area contributed by atoms with Crippen LogP contribution in [0.25, 0.3) is 0 Å². The van der Waals surface area contributed by atoms with Gasteiger partial charge in [0.2, 0.25) is 5.16 Å². The molecule has 1 aromatic heterocycles. The van der Waals surface area contributed by atoms with E-state index in [1.807, 2.05) is 6.92 Å². The smallest absolute Gasteiger partial charge is 0.313 e. The molecule has 8 nitrogen and oxygen atoms in total. The molecule has 0 fully saturated rings. The summed E-state index contributed by atoms with van der Waals surface area (Å²) in [6.07, 6.45) is 1.56. The summed E-state index contributed by atoms with van der Waals surface area (Å²) >= 11 is 1.04. The lowest BCUT2D eigenvalue weighted by Crippen LogP contribution is -2.01. The number of ether oxygens (including phenoxy) is 1. The molecule has 0 amide bonds. The number of carbonyl (C=O) groups is 1. The molecule has 0 aliphatic carbocycles. The first kappa shape index (κ1) is 16.8. The highest BCUT2D eigenvalue weighted by Gasteiger charge is 2.10. The van der Waals surface area contributed by atoms with Crippen molar-refractivity contribution in [3.05, 3.63) is 29.6 Å². The maximum Gasteiger partial charge on any atom is 0.313 e. The SMILES string of the molecule is CCOc1cc(/C=N/n2c(C)nnc2SCC(=O)O)ccc1O. The van der Waals surface area contributed by atoms with Gasteiger partial charge in [0.15, 0.2) is 17.3 Å². The second kappa shape index (κ2) is 7.63. The summed E-state index contributed by atoms with van der Waals surface area (Å²) in [6, 6.07) is 4.86. The lowest BCUT2D eigenvalue weighted by Gasteiger charge is -2.06. The van der Waals surface area contributed by atoms with E-state index in [9.17, 15) is 9.90 Å². The summed E-state index contributed by atoms with van der Waals surface area (Å²) in [4.78, 5) is 10.6. The molecule has 0 spiro atoms. The first-order valence-corrected chi connectivity index (χ1v) is 7.76. The molecular weight excluding hydrogens is 320 g/mol. The minimum absolute atomic E-state index is 0.0576. The standard InChI is InChI=1S/C14H16N4O4S/c1-3-22-12-6-10(4-5-11(12)19)7-15-18-9(2)16-17-14(18)23-8-13(20)21/h4-7,19H,3,8H2,1-2H3,(H,20,21)/b15-7+. The monoisotopic (exact) mass is 336 g/mol. The molecule has 0 radical (unpaired) electrons. The normalized spacial score (nSPS) is 11.0. The number of aromatic nitrogens is 3. The molecule has 0 atom stereocenters. The highest BCUT2D eigenvalue weighted by atomic mass is 32.2. The van der Waals surface area contributed by atoms with E-state index in [1.165, 1.54) is 10.7 Å². The van der Waals surface area contributed by atoms with Crippen molar-refractivity contribution in [2.75, 3.05) is 12.4 Å². The minimum Gasteiger partial charge on any atom is -0.504 e. The van der Waals surface area contributed by atoms with Crippen LogP contribution in [-0.2, 0) is 4.79 Å². The topological polar surface area (TPSA) is 110 Å². The molecule has 23 heavy (non-hydrogen) atoms. The molecule has 122 valence electrons. The fourth-order valence-electron chi connectivity index (χ4n) is 1.69. The number of carboxylic acids is 1. The second-order valence-corrected chi connectivity index (χ2v) is 5.37. The van der Waals surface area contributed by atoms with Crippen LogP contribution in [0.4, 0.5) is 0 Å². The molecule has 9 heteroatoms. The Balaban J connectivity index is 2.21. The Hall–Kier alpha value is -2.55. The zero-order valence-electron chi connectivity index (χ0n) is 12.6. The number of carboxylic acid groups (broad SMARTS) is 1.